The third-order valence-corrected chi connectivity index (χ3v) is 2.42. The maximum atomic E-state index is 11.6. The molecule has 0 saturated carbocycles. The topological polar surface area (TPSA) is 58.4 Å². The first kappa shape index (κ1) is 19.0. The number of halogens is 1. The second kappa shape index (κ2) is 8.72. The van der Waals surface area contributed by atoms with Crippen LogP contribution >= 0.6 is 12.4 Å². The van der Waals surface area contributed by atoms with Crippen LogP contribution in [0.15, 0.2) is 0 Å². The summed E-state index contributed by atoms with van der Waals surface area (Å²) in [4.78, 5) is 13.7. The van der Waals surface area contributed by atoms with E-state index in [4.69, 9.17) is 5.73 Å². The van der Waals surface area contributed by atoms with Gasteiger partial charge in [0.15, 0.2) is 0 Å². The van der Waals surface area contributed by atoms with Crippen molar-refractivity contribution in [3.05, 3.63) is 0 Å². The SMILES string of the molecule is CCCC(N)C(=O)NCC(C)(C)CN(C)C.Cl. The van der Waals surface area contributed by atoms with Crippen LogP contribution in [0.4, 0.5) is 0 Å². The Balaban J connectivity index is 0. The van der Waals surface area contributed by atoms with Crippen LogP contribution in [0, 0.1) is 5.41 Å². The molecule has 0 aromatic rings. The van der Waals surface area contributed by atoms with Crippen molar-refractivity contribution in [3.8, 4) is 0 Å². The highest BCUT2D eigenvalue weighted by Gasteiger charge is 2.21. The van der Waals surface area contributed by atoms with Gasteiger partial charge in [0.25, 0.3) is 0 Å². The monoisotopic (exact) mass is 265 g/mol. The molecule has 17 heavy (non-hydrogen) atoms. The Bertz CT molecular complexity index is 220. The van der Waals surface area contributed by atoms with Crippen LogP contribution in [0.3, 0.4) is 0 Å². The molecule has 0 aromatic carbocycles. The molecule has 1 unspecified atom stereocenters. The van der Waals surface area contributed by atoms with E-state index in [0.717, 1.165) is 19.4 Å². The minimum Gasteiger partial charge on any atom is -0.354 e. The molecule has 5 heteroatoms. The van der Waals surface area contributed by atoms with Crippen LogP contribution in [0.5, 0.6) is 0 Å². The molecule has 0 rings (SSSR count). The molecule has 0 fully saturated rings. The molecule has 0 heterocycles. The molecule has 3 N–H and O–H groups in total. The van der Waals surface area contributed by atoms with Gasteiger partial charge in [-0.1, -0.05) is 27.2 Å². The van der Waals surface area contributed by atoms with Gasteiger partial charge in [-0.2, -0.15) is 0 Å². The zero-order valence-electron chi connectivity index (χ0n) is 11.7. The molecule has 0 aliphatic carbocycles. The van der Waals surface area contributed by atoms with Gasteiger partial charge in [0.05, 0.1) is 6.04 Å². The van der Waals surface area contributed by atoms with E-state index in [2.05, 4.69) is 24.1 Å². The molecule has 0 aliphatic rings. The minimum atomic E-state index is -0.361. The lowest BCUT2D eigenvalue weighted by atomic mass is 9.93. The van der Waals surface area contributed by atoms with E-state index in [0.29, 0.717) is 6.54 Å². The Morgan fingerprint density at radius 1 is 1.41 bits per heavy atom. The highest BCUT2D eigenvalue weighted by atomic mass is 35.5. The van der Waals surface area contributed by atoms with Crippen molar-refractivity contribution in [2.24, 2.45) is 11.1 Å². The number of hydrogen-bond donors (Lipinski definition) is 2. The third kappa shape index (κ3) is 9.39. The Labute approximate surface area is 112 Å². The number of carbonyl (C=O) groups is 1. The molecule has 0 radical (unpaired) electrons. The van der Waals surface area contributed by atoms with Gasteiger partial charge in [-0.15, -0.1) is 12.4 Å². The average molecular weight is 266 g/mol. The first-order valence-corrected chi connectivity index (χ1v) is 5.96. The lowest BCUT2D eigenvalue weighted by Crippen LogP contribution is -2.46. The van der Waals surface area contributed by atoms with Gasteiger partial charge in [-0.3, -0.25) is 4.79 Å². The summed E-state index contributed by atoms with van der Waals surface area (Å²) < 4.78 is 0. The van der Waals surface area contributed by atoms with Crippen molar-refractivity contribution in [1.82, 2.24) is 10.2 Å². The number of nitrogens with zero attached hydrogens (tertiary/aromatic N) is 1. The van der Waals surface area contributed by atoms with Gasteiger partial charge in [0.1, 0.15) is 0 Å². The fraction of sp³-hybridized carbons (Fsp3) is 0.917. The fourth-order valence-electron chi connectivity index (χ4n) is 1.81. The second-order valence-corrected chi connectivity index (χ2v) is 5.51. The molecular weight excluding hydrogens is 238 g/mol. The van der Waals surface area contributed by atoms with E-state index in [-0.39, 0.29) is 29.8 Å². The quantitative estimate of drug-likeness (QED) is 0.728. The summed E-state index contributed by atoms with van der Waals surface area (Å²) in [5, 5.41) is 2.92. The van der Waals surface area contributed by atoms with Crippen molar-refractivity contribution >= 4 is 18.3 Å². The zero-order chi connectivity index (χ0) is 12.8. The summed E-state index contributed by atoms with van der Waals surface area (Å²) >= 11 is 0. The molecule has 0 bridgehead atoms. The number of rotatable bonds is 7. The molecule has 4 nitrogen and oxygen atoms in total. The minimum absolute atomic E-state index is 0. The molecule has 1 atom stereocenters. The van der Waals surface area contributed by atoms with Crippen molar-refractivity contribution in [1.29, 1.82) is 0 Å². The maximum Gasteiger partial charge on any atom is 0.236 e. The van der Waals surface area contributed by atoms with Crippen LogP contribution in [0.2, 0.25) is 0 Å². The van der Waals surface area contributed by atoms with Crippen LogP contribution in [0.1, 0.15) is 33.6 Å². The molecule has 0 saturated heterocycles. The number of nitrogens with one attached hydrogen (secondary N) is 1. The first-order chi connectivity index (χ1) is 7.28. The van der Waals surface area contributed by atoms with Crippen LogP contribution in [-0.4, -0.2) is 44.0 Å². The van der Waals surface area contributed by atoms with Crippen molar-refractivity contribution < 1.29 is 4.79 Å². The van der Waals surface area contributed by atoms with E-state index in [1.165, 1.54) is 0 Å². The van der Waals surface area contributed by atoms with Gasteiger partial charge >= 0.3 is 0 Å². The van der Waals surface area contributed by atoms with Crippen LogP contribution < -0.4 is 11.1 Å². The predicted octanol–water partition coefficient (Wildman–Crippen LogP) is 1.24. The molecular formula is C12H28ClN3O. The maximum absolute atomic E-state index is 11.6. The summed E-state index contributed by atoms with van der Waals surface area (Å²) in [7, 11) is 4.07. The van der Waals surface area contributed by atoms with Crippen molar-refractivity contribution in [2.75, 3.05) is 27.2 Å². The largest absolute Gasteiger partial charge is 0.354 e. The van der Waals surface area contributed by atoms with Crippen LogP contribution in [-0.2, 0) is 4.79 Å². The third-order valence-electron chi connectivity index (χ3n) is 2.42. The van der Waals surface area contributed by atoms with Crippen molar-refractivity contribution in [2.45, 2.75) is 39.7 Å². The predicted molar refractivity (Wildman–Crippen MR) is 75.5 cm³/mol. The summed E-state index contributed by atoms with van der Waals surface area (Å²) in [6.45, 7) is 7.91. The van der Waals surface area contributed by atoms with Gasteiger partial charge in [0, 0.05) is 13.1 Å². The Morgan fingerprint density at radius 3 is 2.35 bits per heavy atom. The average Bonchev–Trinajstić information content (AvgIpc) is 2.12. The Kier molecular flexibility index (Phi) is 9.77. The lowest BCUT2D eigenvalue weighted by Gasteiger charge is -2.28. The van der Waals surface area contributed by atoms with E-state index < -0.39 is 0 Å². The van der Waals surface area contributed by atoms with Crippen molar-refractivity contribution in [3.63, 3.8) is 0 Å². The molecule has 1 amide bonds. The van der Waals surface area contributed by atoms with Gasteiger partial charge in [0.2, 0.25) is 5.91 Å². The molecule has 104 valence electrons. The number of carbonyl (C=O) groups excluding carboxylic acids is 1. The Hall–Kier alpha value is -0.320. The van der Waals surface area contributed by atoms with Gasteiger partial charge in [-0.05, 0) is 25.9 Å². The summed E-state index contributed by atoms with van der Waals surface area (Å²) in [6, 6.07) is -0.361. The van der Waals surface area contributed by atoms with Gasteiger partial charge < -0.3 is 16.0 Å². The van der Waals surface area contributed by atoms with E-state index in [1.54, 1.807) is 0 Å². The smallest absolute Gasteiger partial charge is 0.236 e. The molecule has 0 spiro atoms. The summed E-state index contributed by atoms with van der Waals surface area (Å²) in [5.74, 6) is -0.0336. The lowest BCUT2D eigenvalue weighted by molar-refractivity contribution is -0.123. The number of hydrogen-bond acceptors (Lipinski definition) is 3. The normalized spacial score (nSPS) is 13.1. The van der Waals surface area contributed by atoms with Gasteiger partial charge in [-0.25, -0.2) is 0 Å². The first-order valence-electron chi connectivity index (χ1n) is 5.96. The highest BCUT2D eigenvalue weighted by molar-refractivity contribution is 5.85. The van der Waals surface area contributed by atoms with Crippen LogP contribution in [0.25, 0.3) is 0 Å². The summed E-state index contributed by atoms with van der Waals surface area (Å²) in [6.07, 6.45) is 1.69. The standard InChI is InChI=1S/C12H27N3O.ClH/c1-6-7-10(13)11(16)14-8-12(2,3)9-15(4)5;/h10H,6-9,13H2,1-5H3,(H,14,16);1H. The van der Waals surface area contributed by atoms with E-state index in [1.807, 2.05) is 21.0 Å². The zero-order valence-corrected chi connectivity index (χ0v) is 12.6. The second-order valence-electron chi connectivity index (χ2n) is 5.51. The molecule has 0 aliphatic heterocycles. The molecule has 0 aromatic heterocycles. The van der Waals surface area contributed by atoms with E-state index >= 15 is 0 Å². The van der Waals surface area contributed by atoms with E-state index in [9.17, 15) is 4.79 Å². The Morgan fingerprint density at radius 2 is 1.94 bits per heavy atom. The summed E-state index contributed by atoms with van der Waals surface area (Å²) in [5.41, 5.74) is 5.81. The number of nitrogens with two attached hydrogens (primary N) is 1. The fourth-order valence-corrected chi connectivity index (χ4v) is 1.81. The number of amides is 1. The highest BCUT2D eigenvalue weighted by Crippen LogP contribution is 2.14.